The van der Waals surface area contributed by atoms with Crippen LogP contribution in [0.1, 0.15) is 20.3 Å². The molecule has 2 rings (SSSR count). The molecular weight excluding hydrogens is 256 g/mol. The summed E-state index contributed by atoms with van der Waals surface area (Å²) in [6.07, 6.45) is 0.926. The molecule has 1 saturated heterocycles. The van der Waals surface area contributed by atoms with Gasteiger partial charge in [-0.05, 0) is 20.3 Å². The largest absolute Gasteiger partial charge is 0.378 e. The molecule has 0 aromatic rings. The maximum Gasteiger partial charge on any atom is 0.214 e. The lowest BCUT2D eigenvalue weighted by Gasteiger charge is -2.45. The number of ether oxygens (including phenoxy) is 2. The van der Waals surface area contributed by atoms with Gasteiger partial charge >= 0.3 is 0 Å². The predicted octanol–water partition coefficient (Wildman–Crippen LogP) is -0.555. The number of rotatable bonds is 6. The summed E-state index contributed by atoms with van der Waals surface area (Å²) in [5.41, 5.74) is 5.95. The lowest BCUT2D eigenvalue weighted by Crippen LogP contribution is -2.69. The van der Waals surface area contributed by atoms with Gasteiger partial charge < -0.3 is 15.2 Å². The van der Waals surface area contributed by atoms with Crippen LogP contribution in [-0.4, -0.2) is 51.7 Å². The van der Waals surface area contributed by atoms with Gasteiger partial charge in [-0.2, -0.15) is 0 Å². The van der Waals surface area contributed by atoms with Gasteiger partial charge in [0.2, 0.25) is 10.0 Å². The Hall–Kier alpha value is -0.210. The monoisotopic (exact) mass is 278 g/mol. The van der Waals surface area contributed by atoms with Crippen molar-refractivity contribution in [3.05, 3.63) is 0 Å². The molecule has 1 saturated carbocycles. The molecule has 4 unspecified atom stereocenters. The molecule has 0 spiro atoms. The first-order valence-corrected chi connectivity index (χ1v) is 8.05. The lowest BCUT2D eigenvalue weighted by molar-refractivity contribution is -0.00934. The average Bonchev–Trinajstić information content (AvgIpc) is 2.70. The fraction of sp³-hybridized carbons (Fsp3) is 1.00. The summed E-state index contributed by atoms with van der Waals surface area (Å²) in [6.45, 7) is 4.62. The summed E-state index contributed by atoms with van der Waals surface area (Å²) < 4.78 is 37.1. The van der Waals surface area contributed by atoms with E-state index in [9.17, 15) is 8.42 Å². The van der Waals surface area contributed by atoms with Crippen LogP contribution < -0.4 is 10.5 Å². The first kappa shape index (κ1) is 14.2. The standard InChI is InChI=1S/C11H22N2O4S/c1-7(2)16-5-6-18(14,15)13-10-9(12)8-3-4-17-11(8)10/h7-11,13H,3-6,12H2,1-2H3. The van der Waals surface area contributed by atoms with Crippen LogP contribution in [0, 0.1) is 5.92 Å². The molecule has 106 valence electrons. The second-order valence-electron chi connectivity index (χ2n) is 5.25. The number of nitrogens with two attached hydrogens (primary N) is 1. The zero-order chi connectivity index (χ0) is 13.3. The molecule has 6 nitrogen and oxygen atoms in total. The van der Waals surface area contributed by atoms with Crippen molar-refractivity contribution < 1.29 is 17.9 Å². The van der Waals surface area contributed by atoms with Crippen molar-refractivity contribution in [1.82, 2.24) is 4.72 Å². The minimum absolute atomic E-state index is 0.0358. The van der Waals surface area contributed by atoms with E-state index in [1.807, 2.05) is 13.8 Å². The second-order valence-corrected chi connectivity index (χ2v) is 7.12. The van der Waals surface area contributed by atoms with E-state index in [4.69, 9.17) is 15.2 Å². The van der Waals surface area contributed by atoms with Gasteiger partial charge in [0.05, 0.1) is 30.6 Å². The van der Waals surface area contributed by atoms with Gasteiger partial charge in [-0.15, -0.1) is 0 Å². The molecule has 1 aliphatic carbocycles. The Balaban J connectivity index is 1.81. The van der Waals surface area contributed by atoms with E-state index in [0.717, 1.165) is 6.42 Å². The van der Waals surface area contributed by atoms with Gasteiger partial charge in [-0.1, -0.05) is 0 Å². The topological polar surface area (TPSA) is 90.7 Å². The zero-order valence-corrected chi connectivity index (χ0v) is 11.7. The van der Waals surface area contributed by atoms with Crippen molar-refractivity contribution >= 4 is 10.0 Å². The van der Waals surface area contributed by atoms with Gasteiger partial charge in [0.15, 0.2) is 0 Å². The van der Waals surface area contributed by atoms with Crippen molar-refractivity contribution in [1.29, 1.82) is 0 Å². The molecule has 1 aliphatic heterocycles. The molecule has 0 amide bonds. The highest BCUT2D eigenvalue weighted by Gasteiger charge is 2.53. The van der Waals surface area contributed by atoms with Crippen LogP contribution in [0.3, 0.4) is 0 Å². The van der Waals surface area contributed by atoms with Gasteiger partial charge in [0.1, 0.15) is 0 Å². The highest BCUT2D eigenvalue weighted by molar-refractivity contribution is 7.89. The van der Waals surface area contributed by atoms with Crippen LogP contribution in [0.25, 0.3) is 0 Å². The Morgan fingerprint density at radius 1 is 1.50 bits per heavy atom. The maximum atomic E-state index is 11.8. The second kappa shape index (κ2) is 5.42. The van der Waals surface area contributed by atoms with Crippen molar-refractivity contribution in [3.63, 3.8) is 0 Å². The van der Waals surface area contributed by atoms with Crippen molar-refractivity contribution in [2.75, 3.05) is 19.0 Å². The van der Waals surface area contributed by atoms with E-state index >= 15 is 0 Å². The summed E-state index contributed by atoms with van der Waals surface area (Å²) in [5.74, 6) is 0.274. The van der Waals surface area contributed by atoms with Gasteiger partial charge in [0.25, 0.3) is 0 Å². The van der Waals surface area contributed by atoms with Gasteiger partial charge in [0, 0.05) is 18.6 Å². The van der Waals surface area contributed by atoms with E-state index in [1.165, 1.54) is 0 Å². The number of hydrogen-bond donors (Lipinski definition) is 2. The van der Waals surface area contributed by atoms with Crippen LogP contribution in [-0.2, 0) is 19.5 Å². The van der Waals surface area contributed by atoms with Gasteiger partial charge in [-0.25, -0.2) is 13.1 Å². The van der Waals surface area contributed by atoms with Crippen molar-refractivity contribution in [3.8, 4) is 0 Å². The van der Waals surface area contributed by atoms with Crippen LogP contribution in [0.15, 0.2) is 0 Å². The normalized spacial score (nSPS) is 35.6. The molecule has 2 fully saturated rings. The molecular formula is C11H22N2O4S. The predicted molar refractivity (Wildman–Crippen MR) is 67.6 cm³/mol. The smallest absolute Gasteiger partial charge is 0.214 e. The Morgan fingerprint density at radius 3 is 2.89 bits per heavy atom. The van der Waals surface area contributed by atoms with Crippen LogP contribution in [0.5, 0.6) is 0 Å². The summed E-state index contributed by atoms with van der Waals surface area (Å²) in [6, 6.07) is -0.403. The fourth-order valence-electron chi connectivity index (χ4n) is 2.55. The summed E-state index contributed by atoms with van der Waals surface area (Å²) in [7, 11) is -3.34. The Kier molecular flexibility index (Phi) is 4.28. The fourth-order valence-corrected chi connectivity index (χ4v) is 3.69. The van der Waals surface area contributed by atoms with E-state index in [0.29, 0.717) is 12.5 Å². The SMILES string of the molecule is CC(C)OCCS(=O)(=O)NC1C(N)C2CCOC21. The lowest BCUT2D eigenvalue weighted by atomic mass is 9.73. The Bertz CT molecular complexity index is 385. The maximum absolute atomic E-state index is 11.8. The van der Waals surface area contributed by atoms with Gasteiger partial charge in [-0.3, -0.25) is 0 Å². The zero-order valence-electron chi connectivity index (χ0n) is 10.8. The Labute approximate surface area is 108 Å². The van der Waals surface area contributed by atoms with E-state index < -0.39 is 10.0 Å². The van der Waals surface area contributed by atoms with E-state index in [2.05, 4.69) is 4.72 Å². The molecule has 0 aromatic carbocycles. The van der Waals surface area contributed by atoms with E-state index in [-0.39, 0.29) is 36.7 Å². The van der Waals surface area contributed by atoms with Crippen molar-refractivity contribution in [2.45, 2.75) is 44.6 Å². The molecule has 2 aliphatic rings. The third-order valence-electron chi connectivity index (χ3n) is 3.57. The molecule has 7 heteroatoms. The Morgan fingerprint density at radius 2 is 2.22 bits per heavy atom. The number of sulfonamides is 1. The number of fused-ring (bicyclic) bond motifs is 1. The summed E-state index contributed by atoms with van der Waals surface area (Å²) in [5, 5.41) is 0. The molecule has 4 atom stereocenters. The average molecular weight is 278 g/mol. The third-order valence-corrected chi connectivity index (χ3v) is 4.90. The summed E-state index contributed by atoms with van der Waals surface area (Å²) >= 11 is 0. The minimum Gasteiger partial charge on any atom is -0.378 e. The van der Waals surface area contributed by atoms with Crippen LogP contribution in [0.4, 0.5) is 0 Å². The molecule has 3 N–H and O–H groups in total. The quantitative estimate of drug-likeness (QED) is 0.680. The highest BCUT2D eigenvalue weighted by atomic mass is 32.2. The molecule has 0 bridgehead atoms. The molecule has 0 radical (unpaired) electrons. The molecule has 18 heavy (non-hydrogen) atoms. The summed E-state index contributed by atoms with van der Waals surface area (Å²) in [4.78, 5) is 0. The van der Waals surface area contributed by atoms with Crippen molar-refractivity contribution in [2.24, 2.45) is 11.7 Å². The van der Waals surface area contributed by atoms with Crippen LogP contribution in [0.2, 0.25) is 0 Å². The molecule has 0 aromatic heterocycles. The van der Waals surface area contributed by atoms with E-state index in [1.54, 1.807) is 0 Å². The third kappa shape index (κ3) is 3.03. The minimum atomic E-state index is -3.34. The number of nitrogens with one attached hydrogen (secondary N) is 1. The first-order valence-electron chi connectivity index (χ1n) is 6.39. The first-order chi connectivity index (χ1) is 8.41. The highest BCUT2D eigenvalue weighted by Crippen LogP contribution is 2.37. The molecule has 1 heterocycles. The van der Waals surface area contributed by atoms with Crippen LogP contribution >= 0.6 is 0 Å². The number of hydrogen-bond acceptors (Lipinski definition) is 5.